The van der Waals surface area contributed by atoms with Crippen molar-refractivity contribution in [3.8, 4) is 0 Å². The highest BCUT2D eigenvalue weighted by atomic mass is 19.1. The number of nitrogens with zero attached hydrogens (tertiary/aromatic N) is 1. The summed E-state index contributed by atoms with van der Waals surface area (Å²) in [5.41, 5.74) is 0.348. The molecule has 0 N–H and O–H groups in total. The molecule has 0 fully saturated rings. The highest BCUT2D eigenvalue weighted by Crippen LogP contribution is 2.05. The molecule has 0 aliphatic heterocycles. The Labute approximate surface area is 71.2 Å². The zero-order valence-electron chi connectivity index (χ0n) is 6.46. The van der Waals surface area contributed by atoms with E-state index < -0.39 is 5.82 Å². The third-order valence-corrected chi connectivity index (χ3v) is 1.47. The van der Waals surface area contributed by atoms with E-state index in [1.54, 1.807) is 0 Å². The highest BCUT2D eigenvalue weighted by molar-refractivity contribution is 6.20. The highest BCUT2D eigenvalue weighted by Gasteiger charge is 2.04. The smallest absolute Gasteiger partial charge is 0.145 e. The van der Waals surface area contributed by atoms with Gasteiger partial charge in [-0.3, -0.25) is 4.98 Å². The molecule has 1 aromatic rings. The first kappa shape index (κ1) is 8.91. The standard InChI is InChI=1S/C8H7BFNO/c9-4-7(12)3-6-1-2-11-5-8(6)10/h1-2,5H,3-4H2. The lowest BCUT2D eigenvalue weighted by Crippen LogP contribution is -2.03. The Bertz CT molecular complexity index is 290. The van der Waals surface area contributed by atoms with Crippen LogP contribution in [0.5, 0.6) is 0 Å². The van der Waals surface area contributed by atoms with E-state index in [0.717, 1.165) is 6.20 Å². The molecule has 0 atom stereocenters. The van der Waals surface area contributed by atoms with Gasteiger partial charge in [0.15, 0.2) is 0 Å². The monoisotopic (exact) mass is 163 g/mol. The van der Waals surface area contributed by atoms with Gasteiger partial charge in [0.1, 0.15) is 11.6 Å². The number of ketones is 1. The Morgan fingerprint density at radius 3 is 3.00 bits per heavy atom. The van der Waals surface area contributed by atoms with Crippen LogP contribution in [0.3, 0.4) is 0 Å². The van der Waals surface area contributed by atoms with Crippen molar-refractivity contribution < 1.29 is 9.18 Å². The van der Waals surface area contributed by atoms with Gasteiger partial charge in [0.2, 0.25) is 0 Å². The molecule has 1 heterocycles. The molecule has 0 aliphatic carbocycles. The fourth-order valence-electron chi connectivity index (χ4n) is 0.832. The lowest BCUT2D eigenvalue weighted by Gasteiger charge is -1.98. The molecular weight excluding hydrogens is 156 g/mol. The van der Waals surface area contributed by atoms with E-state index in [4.69, 9.17) is 7.85 Å². The molecule has 0 saturated heterocycles. The maximum Gasteiger partial charge on any atom is 0.145 e. The fraction of sp³-hybridized carbons (Fsp3) is 0.250. The summed E-state index contributed by atoms with van der Waals surface area (Å²) in [6, 6.07) is 1.48. The average molecular weight is 163 g/mol. The maximum absolute atomic E-state index is 12.8. The van der Waals surface area contributed by atoms with Crippen LogP contribution < -0.4 is 0 Å². The molecule has 0 amide bonds. The molecule has 0 aromatic carbocycles. The van der Waals surface area contributed by atoms with Crippen LogP contribution in [0, 0.1) is 5.82 Å². The maximum atomic E-state index is 12.8. The molecule has 1 rings (SSSR count). The van der Waals surface area contributed by atoms with E-state index in [9.17, 15) is 9.18 Å². The Morgan fingerprint density at radius 1 is 1.67 bits per heavy atom. The topological polar surface area (TPSA) is 30.0 Å². The predicted octanol–water partition coefficient (Wildman–Crippen LogP) is 0.919. The van der Waals surface area contributed by atoms with Gasteiger partial charge in [0, 0.05) is 12.6 Å². The van der Waals surface area contributed by atoms with E-state index >= 15 is 0 Å². The van der Waals surface area contributed by atoms with Crippen molar-refractivity contribution >= 4 is 13.6 Å². The van der Waals surface area contributed by atoms with Crippen molar-refractivity contribution in [1.82, 2.24) is 4.98 Å². The number of hydrogen-bond donors (Lipinski definition) is 0. The summed E-state index contributed by atoms with van der Waals surface area (Å²) in [7, 11) is 5.08. The number of hydrogen-bond acceptors (Lipinski definition) is 2. The van der Waals surface area contributed by atoms with Crippen LogP contribution in [0.4, 0.5) is 4.39 Å². The first-order valence-corrected chi connectivity index (χ1v) is 3.54. The summed E-state index contributed by atoms with van der Waals surface area (Å²) in [5, 5.41) is 0. The van der Waals surface area contributed by atoms with E-state index in [2.05, 4.69) is 4.98 Å². The molecule has 0 bridgehead atoms. The minimum Gasteiger partial charge on any atom is -0.300 e. The van der Waals surface area contributed by atoms with Gasteiger partial charge < -0.3 is 4.79 Å². The second-order valence-corrected chi connectivity index (χ2v) is 2.39. The summed E-state index contributed by atoms with van der Waals surface area (Å²) < 4.78 is 12.8. The van der Waals surface area contributed by atoms with Gasteiger partial charge in [-0.05, 0) is 17.9 Å². The number of pyridine rings is 1. The van der Waals surface area contributed by atoms with Crippen molar-refractivity contribution in [1.29, 1.82) is 0 Å². The van der Waals surface area contributed by atoms with Crippen molar-refractivity contribution in [2.24, 2.45) is 0 Å². The number of rotatable bonds is 3. The molecule has 0 unspecified atom stereocenters. The normalized spacial score (nSPS) is 9.75. The minimum absolute atomic E-state index is 0.0465. The summed E-state index contributed by atoms with van der Waals surface area (Å²) in [5.74, 6) is -0.639. The van der Waals surface area contributed by atoms with Crippen molar-refractivity contribution in [2.45, 2.75) is 12.7 Å². The Kier molecular flexibility index (Phi) is 2.97. The molecular formula is C8H7BFNO. The Morgan fingerprint density at radius 2 is 2.42 bits per heavy atom. The fourth-order valence-corrected chi connectivity index (χ4v) is 0.832. The summed E-state index contributed by atoms with van der Waals surface area (Å²) in [4.78, 5) is 14.4. The minimum atomic E-state index is -0.459. The van der Waals surface area contributed by atoms with Gasteiger partial charge in [0.25, 0.3) is 0 Å². The van der Waals surface area contributed by atoms with E-state index in [1.807, 2.05) is 0 Å². The number of carbonyl (C=O) groups is 1. The summed E-state index contributed by atoms with van der Waals surface area (Å²) in [6.07, 6.45) is 2.52. The van der Waals surface area contributed by atoms with Gasteiger partial charge in [-0.25, -0.2) is 4.39 Å². The first-order valence-electron chi connectivity index (χ1n) is 3.54. The van der Waals surface area contributed by atoms with Crippen LogP contribution in [0.1, 0.15) is 5.56 Å². The second-order valence-electron chi connectivity index (χ2n) is 2.39. The van der Waals surface area contributed by atoms with Crippen molar-refractivity contribution in [3.05, 3.63) is 29.8 Å². The number of Topliss-reactive ketones (excluding diaryl/α,β-unsaturated/α-hetero) is 1. The number of halogens is 1. The van der Waals surface area contributed by atoms with Crippen LogP contribution in [0.25, 0.3) is 0 Å². The van der Waals surface area contributed by atoms with Gasteiger partial charge in [-0.2, -0.15) is 0 Å². The van der Waals surface area contributed by atoms with Crippen LogP contribution in [-0.2, 0) is 11.2 Å². The molecule has 1 aromatic heterocycles. The predicted molar refractivity (Wildman–Crippen MR) is 43.5 cm³/mol. The zero-order chi connectivity index (χ0) is 8.97. The molecule has 0 saturated carbocycles. The third kappa shape index (κ3) is 2.15. The zero-order valence-corrected chi connectivity index (χ0v) is 6.46. The van der Waals surface area contributed by atoms with Crippen LogP contribution >= 0.6 is 0 Å². The van der Waals surface area contributed by atoms with Gasteiger partial charge in [-0.1, -0.05) is 0 Å². The molecule has 0 spiro atoms. The van der Waals surface area contributed by atoms with Gasteiger partial charge in [0.05, 0.1) is 14.0 Å². The molecule has 60 valence electrons. The molecule has 4 heteroatoms. The molecule has 2 nitrogen and oxygen atoms in total. The van der Waals surface area contributed by atoms with E-state index in [1.165, 1.54) is 12.3 Å². The van der Waals surface area contributed by atoms with Gasteiger partial charge >= 0.3 is 0 Å². The number of aromatic nitrogens is 1. The molecule has 12 heavy (non-hydrogen) atoms. The van der Waals surface area contributed by atoms with Crippen molar-refractivity contribution in [2.75, 3.05) is 0 Å². The van der Waals surface area contributed by atoms with Gasteiger partial charge in [-0.15, -0.1) is 0 Å². The van der Waals surface area contributed by atoms with E-state index in [0.29, 0.717) is 5.56 Å². The number of carbonyl (C=O) groups excluding carboxylic acids is 1. The molecule has 2 radical (unpaired) electrons. The van der Waals surface area contributed by atoms with Crippen LogP contribution in [-0.4, -0.2) is 18.6 Å². The summed E-state index contributed by atoms with van der Waals surface area (Å²) >= 11 is 0. The largest absolute Gasteiger partial charge is 0.300 e. The lowest BCUT2D eigenvalue weighted by atomic mass is 9.96. The summed E-state index contributed by atoms with van der Waals surface area (Å²) in [6.45, 7) is 0. The molecule has 0 aliphatic rings. The Balaban J connectivity index is 2.75. The average Bonchev–Trinajstić information content (AvgIpc) is 2.09. The van der Waals surface area contributed by atoms with Crippen LogP contribution in [0.2, 0.25) is 6.32 Å². The quantitative estimate of drug-likeness (QED) is 0.620. The van der Waals surface area contributed by atoms with Crippen LogP contribution in [0.15, 0.2) is 18.5 Å². The van der Waals surface area contributed by atoms with Crippen molar-refractivity contribution in [3.63, 3.8) is 0 Å². The van der Waals surface area contributed by atoms with E-state index in [-0.39, 0.29) is 18.5 Å². The third-order valence-electron chi connectivity index (χ3n) is 1.47. The second kappa shape index (κ2) is 4.00. The SMILES string of the molecule is [B]CC(=O)Cc1ccncc1F. The first-order chi connectivity index (χ1) is 5.74. The Hall–Kier alpha value is -1.19. The lowest BCUT2D eigenvalue weighted by molar-refractivity contribution is -0.116.